The van der Waals surface area contributed by atoms with Crippen molar-refractivity contribution in [3.8, 4) is 0 Å². The van der Waals surface area contributed by atoms with E-state index in [-0.39, 0.29) is 11.7 Å². The topological polar surface area (TPSA) is 79.3 Å². The summed E-state index contributed by atoms with van der Waals surface area (Å²) >= 11 is 5.90. The molecule has 1 aliphatic rings. The number of anilines is 1. The first-order valence-electron chi connectivity index (χ1n) is 5.88. The zero-order valence-electron chi connectivity index (χ0n) is 10.0. The Morgan fingerprint density at radius 2 is 2.00 bits per heavy atom. The summed E-state index contributed by atoms with van der Waals surface area (Å²) < 4.78 is 0. The van der Waals surface area contributed by atoms with Gasteiger partial charge in [0.1, 0.15) is 0 Å². The highest BCUT2D eigenvalue weighted by Gasteiger charge is 2.34. The van der Waals surface area contributed by atoms with Gasteiger partial charge in [-0.2, -0.15) is 0 Å². The first kappa shape index (κ1) is 13.5. The summed E-state index contributed by atoms with van der Waals surface area (Å²) in [6, 6.07) is 3.26. The van der Waals surface area contributed by atoms with E-state index in [9.17, 15) is 9.59 Å². The number of nitrogens with zero attached hydrogens (tertiary/aromatic N) is 1. The number of amides is 1. The van der Waals surface area contributed by atoms with Crippen LogP contribution < -0.4 is 5.32 Å². The van der Waals surface area contributed by atoms with E-state index < -0.39 is 17.8 Å². The Kier molecular flexibility index (Phi) is 4.16. The quantitative estimate of drug-likeness (QED) is 0.833. The van der Waals surface area contributed by atoms with E-state index >= 15 is 0 Å². The van der Waals surface area contributed by atoms with Crippen LogP contribution in [0.4, 0.5) is 5.82 Å². The molecule has 2 atom stereocenters. The molecular formula is C13H13ClN2O3. The molecule has 0 fully saturated rings. The summed E-state index contributed by atoms with van der Waals surface area (Å²) in [5.41, 5.74) is 0. The van der Waals surface area contributed by atoms with E-state index in [1.807, 2.05) is 6.08 Å². The van der Waals surface area contributed by atoms with Crippen LogP contribution in [-0.4, -0.2) is 22.0 Å². The molecule has 0 saturated heterocycles. The van der Waals surface area contributed by atoms with Gasteiger partial charge in [0.2, 0.25) is 5.91 Å². The molecule has 1 aliphatic carbocycles. The van der Waals surface area contributed by atoms with Gasteiger partial charge in [-0.05, 0) is 25.0 Å². The maximum Gasteiger partial charge on any atom is 0.307 e. The lowest BCUT2D eigenvalue weighted by atomic mass is 9.82. The molecule has 0 bridgehead atoms. The normalized spacial score (nSPS) is 21.9. The van der Waals surface area contributed by atoms with Crippen molar-refractivity contribution in [3.63, 3.8) is 0 Å². The van der Waals surface area contributed by atoms with Crippen molar-refractivity contribution in [2.75, 3.05) is 5.32 Å². The largest absolute Gasteiger partial charge is 0.481 e. The predicted octanol–water partition coefficient (Wildman–Crippen LogP) is 2.34. The number of carbonyl (C=O) groups is 2. The number of halogens is 1. The Hall–Kier alpha value is -1.88. The number of hydrogen-bond acceptors (Lipinski definition) is 3. The molecule has 6 heteroatoms. The standard InChI is InChI=1S/C13H13ClN2O3/c14-10-6-3-7-15-11(10)16-12(17)8-4-1-2-5-9(8)13(18)19/h1-3,6-9H,4-5H2,(H,18,19)(H,15,16,17). The third kappa shape index (κ3) is 3.12. The van der Waals surface area contributed by atoms with Crippen LogP contribution in [0.15, 0.2) is 30.5 Å². The third-order valence-corrected chi connectivity index (χ3v) is 3.39. The summed E-state index contributed by atoms with van der Waals surface area (Å²) in [6.45, 7) is 0. The molecule has 100 valence electrons. The van der Waals surface area contributed by atoms with E-state index in [2.05, 4.69) is 10.3 Å². The molecule has 1 aromatic rings. The molecule has 2 N–H and O–H groups in total. The van der Waals surface area contributed by atoms with Gasteiger partial charge in [-0.25, -0.2) is 4.98 Å². The van der Waals surface area contributed by atoms with E-state index in [0.717, 1.165) is 0 Å². The molecule has 0 spiro atoms. The highest BCUT2D eigenvalue weighted by molar-refractivity contribution is 6.33. The van der Waals surface area contributed by atoms with Gasteiger partial charge < -0.3 is 10.4 Å². The van der Waals surface area contributed by atoms with Gasteiger partial charge in [0.15, 0.2) is 5.82 Å². The zero-order valence-corrected chi connectivity index (χ0v) is 10.8. The Balaban J connectivity index is 2.13. The number of allylic oxidation sites excluding steroid dienone is 2. The lowest BCUT2D eigenvalue weighted by Gasteiger charge is -2.24. The predicted molar refractivity (Wildman–Crippen MR) is 70.9 cm³/mol. The highest BCUT2D eigenvalue weighted by Crippen LogP contribution is 2.28. The van der Waals surface area contributed by atoms with Crippen molar-refractivity contribution in [1.82, 2.24) is 4.98 Å². The van der Waals surface area contributed by atoms with Gasteiger partial charge in [0, 0.05) is 6.20 Å². The molecule has 19 heavy (non-hydrogen) atoms. The zero-order chi connectivity index (χ0) is 13.8. The Morgan fingerprint density at radius 1 is 1.32 bits per heavy atom. The third-order valence-electron chi connectivity index (χ3n) is 3.09. The average molecular weight is 281 g/mol. The smallest absolute Gasteiger partial charge is 0.307 e. The van der Waals surface area contributed by atoms with Gasteiger partial charge in [-0.3, -0.25) is 9.59 Å². The molecule has 0 saturated carbocycles. The van der Waals surface area contributed by atoms with E-state index in [1.165, 1.54) is 6.20 Å². The van der Waals surface area contributed by atoms with E-state index in [0.29, 0.717) is 17.9 Å². The first-order chi connectivity index (χ1) is 9.09. The summed E-state index contributed by atoms with van der Waals surface area (Å²) in [5, 5.41) is 12.0. The summed E-state index contributed by atoms with van der Waals surface area (Å²) in [7, 11) is 0. The van der Waals surface area contributed by atoms with Gasteiger partial charge >= 0.3 is 5.97 Å². The average Bonchev–Trinajstić information content (AvgIpc) is 2.41. The van der Waals surface area contributed by atoms with Gasteiger partial charge in [0.05, 0.1) is 16.9 Å². The van der Waals surface area contributed by atoms with Crippen LogP contribution in [0, 0.1) is 11.8 Å². The number of carboxylic acids is 1. The number of aliphatic carboxylic acids is 1. The van der Waals surface area contributed by atoms with Crippen LogP contribution in [0.1, 0.15) is 12.8 Å². The number of nitrogens with one attached hydrogen (secondary N) is 1. The van der Waals surface area contributed by atoms with Crippen LogP contribution in [0.2, 0.25) is 5.02 Å². The number of aromatic nitrogens is 1. The van der Waals surface area contributed by atoms with Gasteiger partial charge in [-0.1, -0.05) is 23.8 Å². The van der Waals surface area contributed by atoms with Crippen LogP contribution in [0.25, 0.3) is 0 Å². The second-order valence-electron chi connectivity index (χ2n) is 4.32. The summed E-state index contributed by atoms with van der Waals surface area (Å²) in [4.78, 5) is 27.2. The number of hydrogen-bond donors (Lipinski definition) is 2. The van der Waals surface area contributed by atoms with Gasteiger partial charge in [-0.15, -0.1) is 0 Å². The number of pyridine rings is 1. The Bertz CT molecular complexity index is 530. The second-order valence-corrected chi connectivity index (χ2v) is 4.72. The molecule has 1 heterocycles. The van der Waals surface area contributed by atoms with Gasteiger partial charge in [0.25, 0.3) is 0 Å². The Labute approximate surface area is 115 Å². The molecule has 2 unspecified atom stereocenters. The maximum absolute atomic E-state index is 12.1. The maximum atomic E-state index is 12.1. The van der Waals surface area contributed by atoms with Crippen LogP contribution >= 0.6 is 11.6 Å². The molecule has 1 aromatic heterocycles. The van der Waals surface area contributed by atoms with Crippen molar-refractivity contribution in [2.45, 2.75) is 12.8 Å². The van der Waals surface area contributed by atoms with Crippen molar-refractivity contribution < 1.29 is 14.7 Å². The molecule has 0 aliphatic heterocycles. The van der Waals surface area contributed by atoms with Crippen molar-refractivity contribution in [1.29, 1.82) is 0 Å². The van der Waals surface area contributed by atoms with Crippen LogP contribution in [0.5, 0.6) is 0 Å². The lowest BCUT2D eigenvalue weighted by Crippen LogP contribution is -2.35. The molecular weight excluding hydrogens is 268 g/mol. The molecule has 0 radical (unpaired) electrons. The number of carbonyl (C=O) groups excluding carboxylic acids is 1. The molecule has 5 nitrogen and oxygen atoms in total. The molecule has 0 aromatic carbocycles. The SMILES string of the molecule is O=C(O)C1CC=CCC1C(=O)Nc1ncccc1Cl. The number of rotatable bonds is 3. The molecule has 1 amide bonds. The van der Waals surface area contributed by atoms with Crippen molar-refractivity contribution in [3.05, 3.63) is 35.5 Å². The fourth-order valence-corrected chi connectivity index (χ4v) is 2.23. The second kappa shape index (κ2) is 5.84. The fourth-order valence-electron chi connectivity index (χ4n) is 2.06. The monoisotopic (exact) mass is 280 g/mol. The van der Waals surface area contributed by atoms with Crippen LogP contribution in [0.3, 0.4) is 0 Å². The summed E-state index contributed by atoms with van der Waals surface area (Å²) in [6.07, 6.45) is 5.90. The minimum atomic E-state index is -0.961. The van der Waals surface area contributed by atoms with E-state index in [4.69, 9.17) is 16.7 Å². The summed E-state index contributed by atoms with van der Waals surface area (Å²) in [5.74, 6) is -2.37. The fraction of sp³-hybridized carbons (Fsp3) is 0.308. The highest BCUT2D eigenvalue weighted by atomic mass is 35.5. The number of carboxylic acid groups (broad SMARTS) is 1. The van der Waals surface area contributed by atoms with E-state index in [1.54, 1.807) is 18.2 Å². The first-order valence-corrected chi connectivity index (χ1v) is 6.26. The minimum absolute atomic E-state index is 0.257. The molecule has 2 rings (SSSR count). The van der Waals surface area contributed by atoms with Crippen molar-refractivity contribution >= 4 is 29.3 Å². The minimum Gasteiger partial charge on any atom is -0.481 e. The van der Waals surface area contributed by atoms with Crippen molar-refractivity contribution in [2.24, 2.45) is 11.8 Å². The van der Waals surface area contributed by atoms with Crippen LogP contribution in [-0.2, 0) is 9.59 Å². The Morgan fingerprint density at radius 3 is 2.63 bits per heavy atom. The lowest BCUT2D eigenvalue weighted by molar-refractivity contribution is -0.146.